The smallest absolute Gasteiger partial charge is 0.274 e. The Morgan fingerprint density at radius 3 is 2.53 bits per heavy atom. The molecule has 3 aromatic heterocycles. The molecule has 30 heavy (non-hydrogen) atoms. The van der Waals surface area contributed by atoms with E-state index in [1.54, 1.807) is 30.3 Å². The zero-order valence-electron chi connectivity index (χ0n) is 16.9. The standard InChI is InChI=1S/C22H24N6O2/c1-30-21-8-7-17(15-24-21)28-20(18-4-2-3-9-23-18)14-19(25-28)22(29)27-12-10-26(11-13-27)16-5-6-16/h2-4,7-9,14-16H,5-6,10-13H2,1H3. The molecule has 5 rings (SSSR count). The third-order valence-electron chi connectivity index (χ3n) is 5.69. The van der Waals surface area contributed by atoms with Crippen LogP contribution in [0.4, 0.5) is 0 Å². The number of carbonyl (C=O) groups excluding carboxylic acids is 1. The Morgan fingerprint density at radius 2 is 1.90 bits per heavy atom. The summed E-state index contributed by atoms with van der Waals surface area (Å²) in [5, 5.41) is 4.64. The van der Waals surface area contributed by atoms with Crippen LogP contribution in [0.1, 0.15) is 23.3 Å². The van der Waals surface area contributed by atoms with E-state index in [0.717, 1.165) is 49.3 Å². The Hall–Kier alpha value is -3.26. The molecule has 4 heterocycles. The van der Waals surface area contributed by atoms with Crippen molar-refractivity contribution in [3.05, 3.63) is 54.5 Å². The molecule has 2 fully saturated rings. The molecule has 1 aliphatic heterocycles. The van der Waals surface area contributed by atoms with Crippen molar-refractivity contribution in [1.29, 1.82) is 0 Å². The van der Waals surface area contributed by atoms with Crippen molar-refractivity contribution in [3.63, 3.8) is 0 Å². The molecule has 0 atom stereocenters. The molecule has 8 heteroatoms. The number of rotatable bonds is 5. The van der Waals surface area contributed by atoms with Crippen molar-refractivity contribution in [2.24, 2.45) is 0 Å². The normalized spacial score (nSPS) is 17.2. The average Bonchev–Trinajstić information content (AvgIpc) is 3.57. The van der Waals surface area contributed by atoms with Crippen LogP contribution in [0.3, 0.4) is 0 Å². The molecule has 0 spiro atoms. The van der Waals surface area contributed by atoms with Gasteiger partial charge in [0.05, 0.1) is 30.4 Å². The zero-order chi connectivity index (χ0) is 20.5. The highest BCUT2D eigenvalue weighted by molar-refractivity contribution is 5.93. The molecule has 0 aromatic carbocycles. The first-order chi connectivity index (χ1) is 14.7. The maximum atomic E-state index is 13.2. The Morgan fingerprint density at radius 1 is 1.07 bits per heavy atom. The lowest BCUT2D eigenvalue weighted by molar-refractivity contribution is 0.0621. The highest BCUT2D eigenvalue weighted by atomic mass is 16.5. The molecular weight excluding hydrogens is 380 g/mol. The average molecular weight is 404 g/mol. The van der Waals surface area contributed by atoms with Crippen molar-refractivity contribution in [3.8, 4) is 23.0 Å². The minimum absolute atomic E-state index is 0.0390. The van der Waals surface area contributed by atoms with Gasteiger partial charge in [-0.1, -0.05) is 6.07 Å². The second-order valence-corrected chi connectivity index (χ2v) is 7.66. The van der Waals surface area contributed by atoms with Gasteiger partial charge in [-0.25, -0.2) is 9.67 Å². The van der Waals surface area contributed by atoms with Gasteiger partial charge in [0.15, 0.2) is 5.69 Å². The topological polar surface area (TPSA) is 76.4 Å². The SMILES string of the molecule is COc1ccc(-n2nc(C(=O)N3CCN(C4CC4)CC3)cc2-c2ccccn2)cn1. The molecule has 1 amide bonds. The van der Waals surface area contributed by atoms with Crippen LogP contribution in [0.15, 0.2) is 48.8 Å². The van der Waals surface area contributed by atoms with Crippen LogP contribution in [-0.2, 0) is 0 Å². The molecule has 8 nitrogen and oxygen atoms in total. The van der Waals surface area contributed by atoms with Crippen LogP contribution in [0.5, 0.6) is 5.88 Å². The number of pyridine rings is 2. The molecule has 2 aliphatic rings. The molecular formula is C22H24N6O2. The predicted octanol–water partition coefficient (Wildman–Crippen LogP) is 2.26. The molecule has 0 unspecified atom stereocenters. The van der Waals surface area contributed by atoms with Crippen LogP contribution < -0.4 is 4.74 Å². The lowest BCUT2D eigenvalue weighted by Gasteiger charge is -2.34. The summed E-state index contributed by atoms with van der Waals surface area (Å²) in [5.41, 5.74) is 2.67. The van der Waals surface area contributed by atoms with E-state index in [1.165, 1.54) is 12.8 Å². The first kappa shape index (κ1) is 18.7. The second kappa shape index (κ2) is 7.87. The van der Waals surface area contributed by atoms with E-state index >= 15 is 0 Å². The van der Waals surface area contributed by atoms with E-state index in [0.29, 0.717) is 11.6 Å². The van der Waals surface area contributed by atoms with E-state index in [4.69, 9.17) is 4.74 Å². The van der Waals surface area contributed by atoms with Gasteiger partial charge >= 0.3 is 0 Å². The quantitative estimate of drug-likeness (QED) is 0.649. The van der Waals surface area contributed by atoms with E-state index in [2.05, 4.69) is 20.0 Å². The minimum Gasteiger partial charge on any atom is -0.481 e. The fraction of sp³-hybridized carbons (Fsp3) is 0.364. The van der Waals surface area contributed by atoms with Crippen molar-refractivity contribution in [2.45, 2.75) is 18.9 Å². The molecule has 0 radical (unpaired) electrons. The Kier molecular flexibility index (Phi) is 4.92. The second-order valence-electron chi connectivity index (χ2n) is 7.66. The molecule has 0 bridgehead atoms. The maximum absolute atomic E-state index is 13.2. The minimum atomic E-state index is -0.0390. The van der Waals surface area contributed by atoms with Gasteiger partial charge in [0.1, 0.15) is 0 Å². The number of aromatic nitrogens is 4. The number of hydrogen-bond acceptors (Lipinski definition) is 6. The fourth-order valence-corrected chi connectivity index (χ4v) is 3.89. The lowest BCUT2D eigenvalue weighted by atomic mass is 10.2. The fourth-order valence-electron chi connectivity index (χ4n) is 3.89. The highest BCUT2D eigenvalue weighted by Crippen LogP contribution is 2.28. The van der Waals surface area contributed by atoms with Gasteiger partial charge in [0, 0.05) is 44.5 Å². The Bertz CT molecular complexity index is 1020. The number of amides is 1. The number of nitrogens with zero attached hydrogens (tertiary/aromatic N) is 6. The van der Waals surface area contributed by atoms with Gasteiger partial charge in [-0.15, -0.1) is 0 Å². The largest absolute Gasteiger partial charge is 0.481 e. The summed E-state index contributed by atoms with van der Waals surface area (Å²) in [4.78, 5) is 26.3. The maximum Gasteiger partial charge on any atom is 0.274 e. The summed E-state index contributed by atoms with van der Waals surface area (Å²) in [6.45, 7) is 3.36. The van der Waals surface area contributed by atoms with E-state index in [1.807, 2.05) is 35.2 Å². The number of hydrogen-bond donors (Lipinski definition) is 0. The summed E-state index contributed by atoms with van der Waals surface area (Å²) >= 11 is 0. The van der Waals surface area contributed by atoms with Gasteiger partial charge in [-0.2, -0.15) is 5.10 Å². The van der Waals surface area contributed by atoms with Gasteiger partial charge < -0.3 is 9.64 Å². The van der Waals surface area contributed by atoms with Gasteiger partial charge in [-0.05, 0) is 37.1 Å². The summed E-state index contributed by atoms with van der Waals surface area (Å²) in [6.07, 6.45) is 6.00. The van der Waals surface area contributed by atoms with Crippen molar-refractivity contribution in [2.75, 3.05) is 33.3 Å². The highest BCUT2D eigenvalue weighted by Gasteiger charge is 2.33. The first-order valence-electron chi connectivity index (χ1n) is 10.3. The van der Waals surface area contributed by atoms with Crippen molar-refractivity contribution < 1.29 is 9.53 Å². The first-order valence-corrected chi connectivity index (χ1v) is 10.3. The Balaban J connectivity index is 1.45. The van der Waals surface area contributed by atoms with Crippen LogP contribution in [0.25, 0.3) is 17.1 Å². The van der Waals surface area contributed by atoms with Crippen LogP contribution in [0.2, 0.25) is 0 Å². The molecule has 154 valence electrons. The van der Waals surface area contributed by atoms with E-state index in [-0.39, 0.29) is 5.91 Å². The van der Waals surface area contributed by atoms with Crippen molar-refractivity contribution >= 4 is 5.91 Å². The summed E-state index contributed by atoms with van der Waals surface area (Å²) in [6, 6.07) is 11.9. The van der Waals surface area contributed by atoms with Crippen molar-refractivity contribution in [1.82, 2.24) is 29.5 Å². The number of carbonyl (C=O) groups is 1. The monoisotopic (exact) mass is 404 g/mol. The summed E-state index contributed by atoms with van der Waals surface area (Å²) < 4.78 is 6.88. The van der Waals surface area contributed by atoms with E-state index < -0.39 is 0 Å². The Labute approximate surface area is 175 Å². The summed E-state index contributed by atoms with van der Waals surface area (Å²) in [7, 11) is 1.58. The number of ether oxygens (including phenoxy) is 1. The van der Waals surface area contributed by atoms with Crippen LogP contribution in [0, 0.1) is 0 Å². The van der Waals surface area contributed by atoms with Gasteiger partial charge in [0.2, 0.25) is 5.88 Å². The molecule has 1 saturated heterocycles. The third kappa shape index (κ3) is 3.66. The lowest BCUT2D eigenvalue weighted by Crippen LogP contribution is -2.49. The molecule has 1 aliphatic carbocycles. The van der Waals surface area contributed by atoms with Gasteiger partial charge in [0.25, 0.3) is 5.91 Å². The zero-order valence-corrected chi connectivity index (χ0v) is 16.9. The molecule has 3 aromatic rings. The molecule has 0 N–H and O–H groups in total. The van der Waals surface area contributed by atoms with Gasteiger partial charge in [-0.3, -0.25) is 14.7 Å². The van der Waals surface area contributed by atoms with Crippen LogP contribution in [-0.4, -0.2) is 74.8 Å². The van der Waals surface area contributed by atoms with Crippen LogP contribution >= 0.6 is 0 Å². The third-order valence-corrected chi connectivity index (χ3v) is 5.69. The summed E-state index contributed by atoms with van der Waals surface area (Å²) in [5.74, 6) is 0.484. The van der Waals surface area contributed by atoms with E-state index in [9.17, 15) is 4.79 Å². The number of piperazine rings is 1. The number of methoxy groups -OCH3 is 1. The molecule has 1 saturated carbocycles. The predicted molar refractivity (Wildman–Crippen MR) is 112 cm³/mol.